The highest BCUT2D eigenvalue weighted by molar-refractivity contribution is 7.09. The third kappa shape index (κ3) is 2.40. The molecule has 1 amide bonds. The van der Waals surface area contributed by atoms with Gasteiger partial charge in [-0.25, -0.2) is 4.98 Å². The predicted octanol–water partition coefficient (Wildman–Crippen LogP) is 3.25. The molecule has 1 aliphatic heterocycles. The van der Waals surface area contributed by atoms with E-state index in [9.17, 15) is 4.79 Å². The van der Waals surface area contributed by atoms with Gasteiger partial charge in [0.25, 0.3) is 5.91 Å². The Morgan fingerprint density at radius 3 is 2.63 bits per heavy atom. The fourth-order valence-electron chi connectivity index (χ4n) is 2.38. The molecule has 1 aromatic carbocycles. The van der Waals surface area contributed by atoms with E-state index in [0.717, 1.165) is 17.8 Å². The minimum Gasteiger partial charge on any atom is -0.329 e. The van der Waals surface area contributed by atoms with Crippen molar-refractivity contribution in [1.29, 1.82) is 0 Å². The van der Waals surface area contributed by atoms with Gasteiger partial charge in [-0.1, -0.05) is 31.2 Å². The Hall–Kier alpha value is -1.68. The summed E-state index contributed by atoms with van der Waals surface area (Å²) in [4.78, 5) is 18.7. The van der Waals surface area contributed by atoms with E-state index in [1.807, 2.05) is 22.4 Å². The van der Waals surface area contributed by atoms with Crippen molar-refractivity contribution >= 4 is 17.2 Å². The lowest BCUT2D eigenvalue weighted by Crippen LogP contribution is -2.25. The number of nitrogens with zero attached hydrogens (tertiary/aromatic N) is 2. The molecule has 0 atom stereocenters. The van der Waals surface area contributed by atoms with Gasteiger partial charge < -0.3 is 4.90 Å². The second-order valence-electron chi connectivity index (χ2n) is 4.81. The molecule has 2 heterocycles. The lowest BCUT2D eigenvalue weighted by atomic mass is 10.1. The Labute approximate surface area is 116 Å². The van der Waals surface area contributed by atoms with Gasteiger partial charge in [-0.2, -0.15) is 0 Å². The van der Waals surface area contributed by atoms with Crippen LogP contribution in [0.2, 0.25) is 0 Å². The van der Waals surface area contributed by atoms with Crippen LogP contribution in [0.25, 0.3) is 0 Å². The molecule has 3 nitrogen and oxygen atoms in total. The van der Waals surface area contributed by atoms with Gasteiger partial charge >= 0.3 is 0 Å². The Balaban J connectivity index is 1.75. The molecule has 19 heavy (non-hydrogen) atoms. The predicted molar refractivity (Wildman–Crippen MR) is 76.1 cm³/mol. The molecule has 0 saturated carbocycles. The van der Waals surface area contributed by atoms with Gasteiger partial charge in [0.15, 0.2) is 0 Å². The van der Waals surface area contributed by atoms with Crippen LogP contribution >= 0.6 is 11.3 Å². The molecule has 0 unspecified atom stereocenters. The number of rotatable bonds is 3. The fourth-order valence-corrected chi connectivity index (χ4v) is 3.25. The molecule has 2 aromatic rings. The van der Waals surface area contributed by atoms with Gasteiger partial charge in [0.2, 0.25) is 0 Å². The molecule has 3 rings (SSSR count). The molecule has 0 aliphatic carbocycles. The van der Waals surface area contributed by atoms with Crippen LogP contribution in [0.5, 0.6) is 0 Å². The summed E-state index contributed by atoms with van der Waals surface area (Å²) in [7, 11) is 0. The number of carbonyl (C=O) groups excluding carboxylic acids is 1. The summed E-state index contributed by atoms with van der Waals surface area (Å²) in [5, 5.41) is 2.94. The normalized spacial score (nSPS) is 13.6. The maximum Gasteiger partial charge on any atom is 0.273 e. The quantitative estimate of drug-likeness (QED) is 0.859. The van der Waals surface area contributed by atoms with Crippen LogP contribution in [0.4, 0.5) is 0 Å². The Morgan fingerprint density at radius 1 is 1.32 bits per heavy atom. The molecule has 98 valence electrons. The average Bonchev–Trinajstić information content (AvgIpc) is 3.04. The smallest absolute Gasteiger partial charge is 0.273 e. The summed E-state index contributed by atoms with van der Waals surface area (Å²) in [5.74, 6) is 0.0507. The summed E-state index contributed by atoms with van der Waals surface area (Å²) in [6.45, 7) is 3.53. The molecule has 0 saturated heterocycles. The second kappa shape index (κ2) is 5.13. The van der Waals surface area contributed by atoms with Crippen molar-refractivity contribution in [3.05, 3.63) is 51.5 Å². The van der Waals surface area contributed by atoms with Crippen molar-refractivity contribution in [1.82, 2.24) is 9.88 Å². The standard InChI is InChI=1S/C15H16N2OS/c1-2-5-14-16-13(10-19-14)15(18)17-8-11-6-3-4-7-12(11)9-17/h3-4,6-7,10H,2,5,8-9H2,1H3. The van der Waals surface area contributed by atoms with E-state index >= 15 is 0 Å². The third-order valence-electron chi connectivity index (χ3n) is 3.36. The Morgan fingerprint density at radius 2 is 2.00 bits per heavy atom. The van der Waals surface area contributed by atoms with E-state index < -0.39 is 0 Å². The monoisotopic (exact) mass is 272 g/mol. The number of carbonyl (C=O) groups is 1. The number of fused-ring (bicyclic) bond motifs is 1. The maximum absolute atomic E-state index is 12.4. The minimum absolute atomic E-state index is 0.0507. The van der Waals surface area contributed by atoms with Gasteiger partial charge in [0.1, 0.15) is 5.69 Å². The van der Waals surface area contributed by atoms with Crippen LogP contribution in [-0.4, -0.2) is 15.8 Å². The van der Waals surface area contributed by atoms with E-state index in [4.69, 9.17) is 0 Å². The molecule has 4 heteroatoms. The zero-order chi connectivity index (χ0) is 13.2. The van der Waals surface area contributed by atoms with E-state index in [1.54, 1.807) is 11.3 Å². The van der Waals surface area contributed by atoms with Crippen molar-refractivity contribution in [2.45, 2.75) is 32.9 Å². The van der Waals surface area contributed by atoms with E-state index in [0.29, 0.717) is 18.8 Å². The summed E-state index contributed by atoms with van der Waals surface area (Å²) in [6.07, 6.45) is 2.02. The highest BCUT2D eigenvalue weighted by Crippen LogP contribution is 2.24. The lowest BCUT2D eigenvalue weighted by molar-refractivity contribution is 0.0746. The van der Waals surface area contributed by atoms with Crippen LogP contribution in [0.1, 0.15) is 40.0 Å². The summed E-state index contributed by atoms with van der Waals surface area (Å²) in [6, 6.07) is 8.22. The number of hydrogen-bond donors (Lipinski definition) is 0. The number of thiazole rings is 1. The molecular formula is C15H16N2OS. The molecule has 0 spiro atoms. The van der Waals surface area contributed by atoms with Crippen molar-refractivity contribution in [3.8, 4) is 0 Å². The third-order valence-corrected chi connectivity index (χ3v) is 4.27. The van der Waals surface area contributed by atoms with Crippen molar-refractivity contribution in [2.75, 3.05) is 0 Å². The topological polar surface area (TPSA) is 33.2 Å². The summed E-state index contributed by atoms with van der Waals surface area (Å²) >= 11 is 1.59. The lowest BCUT2D eigenvalue weighted by Gasteiger charge is -2.13. The minimum atomic E-state index is 0.0507. The highest BCUT2D eigenvalue weighted by atomic mass is 32.1. The first-order valence-corrected chi connectivity index (χ1v) is 7.46. The summed E-state index contributed by atoms with van der Waals surface area (Å²) < 4.78 is 0. The summed E-state index contributed by atoms with van der Waals surface area (Å²) in [5.41, 5.74) is 3.10. The van der Waals surface area contributed by atoms with Gasteiger partial charge in [-0.05, 0) is 24.0 Å². The zero-order valence-electron chi connectivity index (χ0n) is 10.9. The first-order chi connectivity index (χ1) is 9.28. The largest absolute Gasteiger partial charge is 0.329 e. The van der Waals surface area contributed by atoms with E-state index in [-0.39, 0.29) is 5.91 Å². The Kier molecular flexibility index (Phi) is 3.34. The van der Waals surface area contributed by atoms with Crippen LogP contribution in [-0.2, 0) is 19.5 Å². The van der Waals surface area contributed by atoms with Crippen molar-refractivity contribution in [2.24, 2.45) is 0 Å². The van der Waals surface area contributed by atoms with Gasteiger partial charge in [0.05, 0.1) is 5.01 Å². The van der Waals surface area contributed by atoms with Gasteiger partial charge in [-0.3, -0.25) is 4.79 Å². The molecule has 0 N–H and O–H groups in total. The first-order valence-electron chi connectivity index (χ1n) is 6.58. The molecule has 1 aromatic heterocycles. The van der Waals surface area contributed by atoms with Crippen LogP contribution in [0.15, 0.2) is 29.6 Å². The number of amides is 1. The van der Waals surface area contributed by atoms with E-state index in [2.05, 4.69) is 24.0 Å². The number of benzene rings is 1. The Bertz CT molecular complexity index is 581. The zero-order valence-corrected chi connectivity index (χ0v) is 11.7. The average molecular weight is 272 g/mol. The van der Waals surface area contributed by atoms with Gasteiger partial charge in [-0.15, -0.1) is 11.3 Å². The molecule has 1 aliphatic rings. The molecule has 0 bridgehead atoms. The van der Waals surface area contributed by atoms with Crippen LogP contribution in [0, 0.1) is 0 Å². The van der Waals surface area contributed by atoms with Gasteiger partial charge in [0, 0.05) is 18.5 Å². The highest BCUT2D eigenvalue weighted by Gasteiger charge is 2.25. The maximum atomic E-state index is 12.4. The number of aryl methyl sites for hydroxylation is 1. The number of aromatic nitrogens is 1. The number of hydrogen-bond acceptors (Lipinski definition) is 3. The first kappa shape index (κ1) is 12.4. The second-order valence-corrected chi connectivity index (χ2v) is 5.75. The van der Waals surface area contributed by atoms with E-state index in [1.165, 1.54) is 11.1 Å². The molecule has 0 radical (unpaired) electrons. The van der Waals surface area contributed by atoms with Crippen LogP contribution < -0.4 is 0 Å². The van der Waals surface area contributed by atoms with Crippen molar-refractivity contribution < 1.29 is 4.79 Å². The molecule has 0 fully saturated rings. The fraction of sp³-hybridized carbons (Fsp3) is 0.333. The SMILES string of the molecule is CCCc1nc(C(=O)N2Cc3ccccc3C2)cs1. The molecular weight excluding hydrogens is 256 g/mol. The van der Waals surface area contributed by atoms with Crippen molar-refractivity contribution in [3.63, 3.8) is 0 Å². The van der Waals surface area contributed by atoms with Crippen LogP contribution in [0.3, 0.4) is 0 Å².